The Balaban J connectivity index is 1.36. The summed E-state index contributed by atoms with van der Waals surface area (Å²) in [6.45, 7) is 4.23. The highest BCUT2D eigenvalue weighted by atomic mass is 16.2. The van der Waals surface area contributed by atoms with E-state index in [1.165, 1.54) is 0 Å². The first kappa shape index (κ1) is 20.0. The Bertz CT molecular complexity index is 1060. The SMILES string of the molecule is CC(C)c1nc(NC2CCC(NC(=O)C3CC3)CC2)c2cnn(-c3ccccc3)c2n1. The van der Waals surface area contributed by atoms with Crippen molar-refractivity contribution in [2.24, 2.45) is 5.92 Å². The molecular weight excluding hydrogens is 388 g/mol. The molecule has 2 N–H and O–H groups in total. The maximum atomic E-state index is 12.1. The van der Waals surface area contributed by atoms with Crippen LogP contribution in [0, 0.1) is 5.92 Å². The number of nitrogens with one attached hydrogen (secondary N) is 2. The summed E-state index contributed by atoms with van der Waals surface area (Å²) in [6, 6.07) is 10.7. The van der Waals surface area contributed by atoms with E-state index in [2.05, 4.69) is 29.6 Å². The molecule has 2 heterocycles. The number of carbonyl (C=O) groups is 1. The first-order chi connectivity index (χ1) is 15.1. The number of rotatable bonds is 6. The highest BCUT2D eigenvalue weighted by Crippen LogP contribution is 2.31. The number of hydrogen-bond acceptors (Lipinski definition) is 5. The average Bonchev–Trinajstić information content (AvgIpc) is 3.55. The first-order valence-corrected chi connectivity index (χ1v) is 11.5. The lowest BCUT2D eigenvalue weighted by atomic mass is 9.91. The summed E-state index contributed by atoms with van der Waals surface area (Å²) in [5.74, 6) is 2.43. The zero-order valence-electron chi connectivity index (χ0n) is 18.2. The lowest BCUT2D eigenvalue weighted by Gasteiger charge is -2.30. The number of aromatic nitrogens is 4. The van der Waals surface area contributed by atoms with Crippen LogP contribution in [0.5, 0.6) is 0 Å². The van der Waals surface area contributed by atoms with Crippen molar-refractivity contribution in [2.75, 3.05) is 5.32 Å². The first-order valence-electron chi connectivity index (χ1n) is 11.5. The predicted octanol–water partition coefficient (Wildman–Crippen LogP) is 4.19. The number of anilines is 1. The largest absolute Gasteiger partial charge is 0.367 e. The molecule has 2 aromatic heterocycles. The van der Waals surface area contributed by atoms with Gasteiger partial charge in [-0.25, -0.2) is 14.6 Å². The van der Waals surface area contributed by atoms with Gasteiger partial charge in [-0.2, -0.15) is 5.10 Å². The van der Waals surface area contributed by atoms with Gasteiger partial charge in [0.2, 0.25) is 5.91 Å². The number of fused-ring (bicyclic) bond motifs is 1. The molecule has 1 aromatic carbocycles. The zero-order chi connectivity index (χ0) is 21.4. The Kier molecular flexibility index (Phi) is 5.34. The summed E-state index contributed by atoms with van der Waals surface area (Å²) >= 11 is 0. The molecule has 0 spiro atoms. The maximum Gasteiger partial charge on any atom is 0.223 e. The van der Waals surface area contributed by atoms with E-state index in [1.54, 1.807) is 0 Å². The van der Waals surface area contributed by atoms with Gasteiger partial charge in [0.05, 0.1) is 17.3 Å². The van der Waals surface area contributed by atoms with Crippen molar-refractivity contribution in [1.29, 1.82) is 0 Å². The zero-order valence-corrected chi connectivity index (χ0v) is 18.2. The van der Waals surface area contributed by atoms with Crippen LogP contribution in [-0.4, -0.2) is 37.7 Å². The minimum Gasteiger partial charge on any atom is -0.367 e. The van der Waals surface area contributed by atoms with Crippen LogP contribution >= 0.6 is 0 Å². The van der Waals surface area contributed by atoms with Crippen LogP contribution in [-0.2, 0) is 4.79 Å². The van der Waals surface area contributed by atoms with Gasteiger partial charge in [0.1, 0.15) is 11.6 Å². The number of para-hydroxylation sites is 1. The predicted molar refractivity (Wildman–Crippen MR) is 121 cm³/mol. The van der Waals surface area contributed by atoms with Gasteiger partial charge in [0.15, 0.2) is 5.65 Å². The molecule has 0 radical (unpaired) electrons. The Morgan fingerprint density at radius 2 is 1.71 bits per heavy atom. The third-order valence-electron chi connectivity index (χ3n) is 6.33. The van der Waals surface area contributed by atoms with Gasteiger partial charge in [-0.05, 0) is 50.7 Å². The normalized spacial score (nSPS) is 21.4. The summed E-state index contributed by atoms with van der Waals surface area (Å²) in [5, 5.41) is 12.5. The lowest BCUT2D eigenvalue weighted by Crippen LogP contribution is -2.40. The molecule has 0 bridgehead atoms. The number of nitrogens with zero attached hydrogens (tertiary/aromatic N) is 4. The van der Waals surface area contributed by atoms with Gasteiger partial charge in [-0.15, -0.1) is 0 Å². The fourth-order valence-corrected chi connectivity index (χ4v) is 4.29. The van der Waals surface area contributed by atoms with Gasteiger partial charge < -0.3 is 10.6 Å². The molecule has 3 aromatic rings. The van der Waals surface area contributed by atoms with Crippen molar-refractivity contribution in [3.05, 3.63) is 42.4 Å². The standard InChI is InChI=1S/C24H30N6O/c1-15(2)21-28-22(20-14-25-30(23(20)29-21)19-6-4-3-5-7-19)26-17-10-12-18(13-11-17)27-24(31)16-8-9-16/h3-7,14-18H,8-13H2,1-2H3,(H,27,31)(H,26,28,29). The lowest BCUT2D eigenvalue weighted by molar-refractivity contribution is -0.123. The third kappa shape index (κ3) is 4.27. The molecule has 0 atom stereocenters. The van der Waals surface area contributed by atoms with Gasteiger partial charge >= 0.3 is 0 Å². The van der Waals surface area contributed by atoms with Crippen LogP contribution in [0.25, 0.3) is 16.7 Å². The molecule has 2 aliphatic rings. The molecule has 2 fully saturated rings. The van der Waals surface area contributed by atoms with Crippen LogP contribution in [0.15, 0.2) is 36.5 Å². The topological polar surface area (TPSA) is 84.7 Å². The van der Waals surface area contributed by atoms with Crippen molar-refractivity contribution in [3.63, 3.8) is 0 Å². The van der Waals surface area contributed by atoms with E-state index in [9.17, 15) is 4.79 Å². The minimum absolute atomic E-state index is 0.220. The molecule has 0 aliphatic heterocycles. The number of benzene rings is 1. The molecular formula is C24H30N6O. The average molecular weight is 419 g/mol. The van der Waals surface area contributed by atoms with Crippen molar-refractivity contribution in [1.82, 2.24) is 25.1 Å². The Morgan fingerprint density at radius 3 is 2.39 bits per heavy atom. The van der Waals surface area contributed by atoms with Crippen molar-refractivity contribution < 1.29 is 4.79 Å². The van der Waals surface area contributed by atoms with E-state index >= 15 is 0 Å². The number of amides is 1. The van der Waals surface area contributed by atoms with E-state index < -0.39 is 0 Å². The smallest absolute Gasteiger partial charge is 0.223 e. The van der Waals surface area contributed by atoms with Crippen LogP contribution < -0.4 is 10.6 Å². The summed E-state index contributed by atoms with van der Waals surface area (Å²) in [4.78, 5) is 21.7. The Morgan fingerprint density at radius 1 is 1.00 bits per heavy atom. The van der Waals surface area contributed by atoms with Gasteiger partial charge in [-0.3, -0.25) is 4.79 Å². The summed E-state index contributed by atoms with van der Waals surface area (Å²) in [6.07, 6.45) is 8.02. The summed E-state index contributed by atoms with van der Waals surface area (Å²) in [5.41, 5.74) is 1.82. The molecule has 0 saturated heterocycles. The third-order valence-corrected chi connectivity index (χ3v) is 6.33. The van der Waals surface area contributed by atoms with E-state index in [0.717, 1.165) is 66.9 Å². The fourth-order valence-electron chi connectivity index (χ4n) is 4.29. The number of carbonyl (C=O) groups excluding carboxylic acids is 1. The number of hydrogen-bond donors (Lipinski definition) is 2. The molecule has 162 valence electrons. The van der Waals surface area contributed by atoms with Crippen LogP contribution in [0.2, 0.25) is 0 Å². The summed E-state index contributed by atoms with van der Waals surface area (Å²) < 4.78 is 1.89. The highest BCUT2D eigenvalue weighted by molar-refractivity contribution is 5.87. The molecule has 1 amide bonds. The van der Waals surface area contributed by atoms with Crippen molar-refractivity contribution >= 4 is 22.8 Å². The van der Waals surface area contributed by atoms with Crippen LogP contribution in [0.1, 0.15) is 64.1 Å². The Hall–Kier alpha value is -2.96. The molecule has 31 heavy (non-hydrogen) atoms. The molecule has 2 aliphatic carbocycles. The highest BCUT2D eigenvalue weighted by Gasteiger charge is 2.32. The molecule has 7 heteroatoms. The van der Waals surface area contributed by atoms with Crippen LogP contribution in [0.4, 0.5) is 5.82 Å². The molecule has 2 saturated carbocycles. The minimum atomic E-state index is 0.220. The molecule has 5 rings (SSSR count). The fraction of sp³-hybridized carbons (Fsp3) is 0.500. The second kappa shape index (κ2) is 8.29. The van der Waals surface area contributed by atoms with E-state index in [-0.39, 0.29) is 17.7 Å². The molecule has 7 nitrogen and oxygen atoms in total. The quantitative estimate of drug-likeness (QED) is 0.627. The van der Waals surface area contributed by atoms with E-state index in [0.29, 0.717) is 12.1 Å². The van der Waals surface area contributed by atoms with E-state index in [4.69, 9.17) is 9.97 Å². The second-order valence-corrected chi connectivity index (χ2v) is 9.19. The second-order valence-electron chi connectivity index (χ2n) is 9.19. The monoisotopic (exact) mass is 418 g/mol. The Labute approximate surface area is 182 Å². The maximum absolute atomic E-state index is 12.1. The van der Waals surface area contributed by atoms with Gasteiger partial charge in [0, 0.05) is 23.9 Å². The van der Waals surface area contributed by atoms with Gasteiger partial charge in [-0.1, -0.05) is 32.0 Å². The summed E-state index contributed by atoms with van der Waals surface area (Å²) in [7, 11) is 0. The van der Waals surface area contributed by atoms with Crippen molar-refractivity contribution in [3.8, 4) is 5.69 Å². The van der Waals surface area contributed by atoms with Gasteiger partial charge in [0.25, 0.3) is 0 Å². The van der Waals surface area contributed by atoms with Crippen molar-refractivity contribution in [2.45, 2.75) is 70.4 Å². The van der Waals surface area contributed by atoms with Crippen LogP contribution in [0.3, 0.4) is 0 Å². The van der Waals surface area contributed by atoms with E-state index in [1.807, 2.05) is 41.2 Å². The molecule has 0 unspecified atom stereocenters.